The summed E-state index contributed by atoms with van der Waals surface area (Å²) >= 11 is 0. The molecule has 0 unspecified atom stereocenters. The molecule has 0 radical (unpaired) electrons. The van der Waals surface area contributed by atoms with Crippen molar-refractivity contribution in [3.8, 4) is 0 Å². The average Bonchev–Trinajstić information content (AvgIpc) is 2.32. The lowest BCUT2D eigenvalue weighted by Crippen LogP contribution is -2.26. The number of nitrogens with zero attached hydrogens (tertiary/aromatic N) is 3. The lowest BCUT2D eigenvalue weighted by atomic mass is 10.1. The summed E-state index contributed by atoms with van der Waals surface area (Å²) in [4.78, 5) is 14.0. The van der Waals surface area contributed by atoms with Gasteiger partial charge < -0.3 is 5.32 Å². The largest absolute Gasteiger partial charge is 0.356 e. The van der Waals surface area contributed by atoms with Gasteiger partial charge in [0, 0.05) is 24.4 Å². The first-order chi connectivity index (χ1) is 8.22. The number of nitrogens with one attached hydrogen (secondary N) is 1. The highest BCUT2D eigenvalue weighted by molar-refractivity contribution is 5.76. The number of carbonyl (C=O) groups is 1. The van der Waals surface area contributed by atoms with Crippen molar-refractivity contribution in [2.75, 3.05) is 13.1 Å². The van der Waals surface area contributed by atoms with Gasteiger partial charge in [0.2, 0.25) is 5.91 Å². The fourth-order valence-electron chi connectivity index (χ4n) is 1.50. The molecule has 17 heavy (non-hydrogen) atoms. The highest BCUT2D eigenvalue weighted by Crippen LogP contribution is 2.06. The molecule has 5 nitrogen and oxygen atoms in total. The van der Waals surface area contributed by atoms with Gasteiger partial charge in [-0.3, -0.25) is 4.79 Å². The molecule has 0 saturated carbocycles. The Hall–Kier alpha value is -2.00. The number of rotatable bonds is 6. The maximum absolute atomic E-state index is 11.4. The number of carbonyl (C=O) groups excluding carboxylic acids is 1. The summed E-state index contributed by atoms with van der Waals surface area (Å²) in [6, 6.07) is 8.11. The molecule has 5 heteroatoms. The Morgan fingerprint density at radius 3 is 3.06 bits per heavy atom. The highest BCUT2D eigenvalue weighted by Gasteiger charge is 2.01. The van der Waals surface area contributed by atoms with Crippen LogP contribution in [0.3, 0.4) is 0 Å². The van der Waals surface area contributed by atoms with Gasteiger partial charge in [0.05, 0.1) is 0 Å². The van der Waals surface area contributed by atoms with Gasteiger partial charge in [0.15, 0.2) is 0 Å². The van der Waals surface area contributed by atoms with Gasteiger partial charge in [-0.05, 0) is 24.4 Å². The second kappa shape index (κ2) is 7.30. The van der Waals surface area contributed by atoms with Crippen LogP contribution in [0.4, 0.5) is 0 Å². The van der Waals surface area contributed by atoms with Crippen molar-refractivity contribution >= 4 is 5.91 Å². The number of amides is 1. The van der Waals surface area contributed by atoms with Crippen molar-refractivity contribution in [1.29, 1.82) is 0 Å². The smallest absolute Gasteiger partial charge is 0.220 e. The Labute approximate surface area is 100 Å². The van der Waals surface area contributed by atoms with Gasteiger partial charge in [-0.1, -0.05) is 34.9 Å². The Morgan fingerprint density at radius 1 is 1.53 bits per heavy atom. The Bertz CT molecular complexity index is 424. The maximum atomic E-state index is 11.4. The standard InChI is InChI=1S/C12H16N4O/c1-10-3-2-4-11(9-10)5-6-12(17)14-7-8-15-16-13/h2-4,9H,5-8H2,1H3,(H,14,17). The molecule has 1 rings (SSSR count). The Kier molecular flexibility index (Phi) is 5.61. The van der Waals surface area contributed by atoms with Crippen molar-refractivity contribution in [2.45, 2.75) is 19.8 Å². The molecule has 0 heterocycles. The summed E-state index contributed by atoms with van der Waals surface area (Å²) in [5.41, 5.74) is 10.4. The molecule has 1 aromatic rings. The summed E-state index contributed by atoms with van der Waals surface area (Å²) in [5, 5.41) is 6.04. The monoisotopic (exact) mass is 232 g/mol. The van der Waals surface area contributed by atoms with Gasteiger partial charge in [-0.15, -0.1) is 0 Å². The summed E-state index contributed by atoms with van der Waals surface area (Å²) in [6.07, 6.45) is 1.19. The number of hydrogen-bond acceptors (Lipinski definition) is 2. The van der Waals surface area contributed by atoms with Crippen LogP contribution in [0.25, 0.3) is 10.4 Å². The molecular formula is C12H16N4O. The second-order valence-electron chi connectivity index (χ2n) is 3.79. The molecule has 1 aromatic carbocycles. The van der Waals surface area contributed by atoms with Crippen LogP contribution in [0, 0.1) is 6.92 Å². The first-order valence-corrected chi connectivity index (χ1v) is 5.55. The fraction of sp³-hybridized carbons (Fsp3) is 0.417. The number of benzene rings is 1. The van der Waals surface area contributed by atoms with E-state index in [1.807, 2.05) is 25.1 Å². The Balaban J connectivity index is 2.26. The molecule has 90 valence electrons. The molecule has 0 atom stereocenters. The molecule has 0 aliphatic carbocycles. The quantitative estimate of drug-likeness (QED) is 0.347. The minimum atomic E-state index is -0.0142. The number of azide groups is 1. The molecule has 0 aliphatic heterocycles. The van der Waals surface area contributed by atoms with E-state index in [9.17, 15) is 4.79 Å². The predicted molar refractivity (Wildman–Crippen MR) is 66.5 cm³/mol. The molecule has 0 aromatic heterocycles. The van der Waals surface area contributed by atoms with Crippen LogP contribution in [-0.4, -0.2) is 19.0 Å². The van der Waals surface area contributed by atoms with E-state index >= 15 is 0 Å². The lowest BCUT2D eigenvalue weighted by Gasteiger charge is -2.04. The van der Waals surface area contributed by atoms with E-state index in [0.29, 0.717) is 19.5 Å². The molecule has 1 amide bonds. The van der Waals surface area contributed by atoms with Crippen LogP contribution in [-0.2, 0) is 11.2 Å². The van der Waals surface area contributed by atoms with Crippen LogP contribution >= 0.6 is 0 Å². The normalized spacial score (nSPS) is 9.47. The van der Waals surface area contributed by atoms with E-state index in [1.165, 1.54) is 5.56 Å². The summed E-state index contributed by atoms with van der Waals surface area (Å²) < 4.78 is 0. The zero-order valence-electron chi connectivity index (χ0n) is 9.89. The maximum Gasteiger partial charge on any atom is 0.220 e. The molecular weight excluding hydrogens is 216 g/mol. The Morgan fingerprint density at radius 2 is 2.35 bits per heavy atom. The third kappa shape index (κ3) is 5.58. The first kappa shape index (κ1) is 13.1. The van der Waals surface area contributed by atoms with Crippen LogP contribution < -0.4 is 5.32 Å². The number of hydrogen-bond donors (Lipinski definition) is 1. The topological polar surface area (TPSA) is 77.9 Å². The average molecular weight is 232 g/mol. The van der Waals surface area contributed by atoms with Crippen molar-refractivity contribution in [3.63, 3.8) is 0 Å². The van der Waals surface area contributed by atoms with E-state index < -0.39 is 0 Å². The molecule has 0 aliphatic rings. The van der Waals surface area contributed by atoms with Crippen molar-refractivity contribution < 1.29 is 4.79 Å². The van der Waals surface area contributed by atoms with E-state index in [1.54, 1.807) is 0 Å². The molecule has 0 bridgehead atoms. The number of aryl methyl sites for hydroxylation is 2. The van der Waals surface area contributed by atoms with E-state index in [2.05, 4.69) is 21.4 Å². The van der Waals surface area contributed by atoms with Crippen molar-refractivity contribution in [1.82, 2.24) is 5.32 Å². The van der Waals surface area contributed by atoms with Crippen molar-refractivity contribution in [3.05, 3.63) is 45.8 Å². The van der Waals surface area contributed by atoms with Crippen LogP contribution in [0.1, 0.15) is 17.5 Å². The lowest BCUT2D eigenvalue weighted by molar-refractivity contribution is -0.120. The van der Waals surface area contributed by atoms with Gasteiger partial charge in [-0.25, -0.2) is 0 Å². The fourth-order valence-corrected chi connectivity index (χ4v) is 1.50. The minimum Gasteiger partial charge on any atom is -0.356 e. The first-order valence-electron chi connectivity index (χ1n) is 5.55. The minimum absolute atomic E-state index is 0.0142. The SMILES string of the molecule is Cc1cccc(CCC(=O)NCCN=[N+]=[N-])c1. The third-order valence-corrected chi connectivity index (χ3v) is 2.32. The van der Waals surface area contributed by atoms with Crippen LogP contribution in [0.15, 0.2) is 29.4 Å². The van der Waals surface area contributed by atoms with E-state index in [4.69, 9.17) is 5.53 Å². The van der Waals surface area contributed by atoms with Gasteiger partial charge >= 0.3 is 0 Å². The van der Waals surface area contributed by atoms with E-state index in [0.717, 1.165) is 12.0 Å². The predicted octanol–water partition coefficient (Wildman–Crippen LogP) is 2.35. The van der Waals surface area contributed by atoms with Gasteiger partial charge in [0.1, 0.15) is 0 Å². The summed E-state index contributed by atoms with van der Waals surface area (Å²) in [7, 11) is 0. The van der Waals surface area contributed by atoms with Gasteiger partial charge in [0.25, 0.3) is 0 Å². The summed E-state index contributed by atoms with van der Waals surface area (Å²) in [5.74, 6) is -0.0142. The second-order valence-corrected chi connectivity index (χ2v) is 3.79. The van der Waals surface area contributed by atoms with E-state index in [-0.39, 0.29) is 5.91 Å². The van der Waals surface area contributed by atoms with Crippen LogP contribution in [0.5, 0.6) is 0 Å². The van der Waals surface area contributed by atoms with Gasteiger partial charge in [-0.2, -0.15) is 0 Å². The molecule has 0 spiro atoms. The third-order valence-electron chi connectivity index (χ3n) is 2.32. The molecule has 1 N–H and O–H groups in total. The summed E-state index contributed by atoms with van der Waals surface area (Å²) in [6.45, 7) is 2.73. The van der Waals surface area contributed by atoms with Crippen LogP contribution in [0.2, 0.25) is 0 Å². The molecule has 0 saturated heterocycles. The highest BCUT2D eigenvalue weighted by atomic mass is 16.1. The zero-order valence-corrected chi connectivity index (χ0v) is 9.89. The van der Waals surface area contributed by atoms with Crippen molar-refractivity contribution in [2.24, 2.45) is 5.11 Å². The zero-order chi connectivity index (χ0) is 12.5. The molecule has 0 fully saturated rings.